The van der Waals surface area contributed by atoms with E-state index in [1.807, 2.05) is 24.3 Å². The number of likely N-dealkylation sites (N-methyl/N-ethyl adjacent to an activating group) is 4. The molecule has 4 aromatic carbocycles. The van der Waals surface area contributed by atoms with Gasteiger partial charge in [-0.1, -0.05) is 0 Å². The van der Waals surface area contributed by atoms with Crippen LogP contribution in [0, 0.1) is 0 Å². The first-order valence-electron chi connectivity index (χ1n) is 33.3. The average molecular weight is 1260 g/mol. The summed E-state index contributed by atoms with van der Waals surface area (Å²) in [5, 5.41) is 3.99. The van der Waals surface area contributed by atoms with Gasteiger partial charge in [-0.15, -0.1) is 0 Å². The van der Waals surface area contributed by atoms with Crippen LogP contribution in [-0.4, -0.2) is 277 Å². The van der Waals surface area contributed by atoms with Gasteiger partial charge in [0.15, 0.2) is 0 Å². The fourth-order valence-corrected chi connectivity index (χ4v) is 13.2. The van der Waals surface area contributed by atoms with E-state index < -0.39 is 0 Å². The molecule has 6 aliphatic rings. The van der Waals surface area contributed by atoms with E-state index in [0.717, 1.165) is 261 Å². The molecule has 4 saturated heterocycles. The van der Waals surface area contributed by atoms with Gasteiger partial charge in [0, 0.05) is 65.9 Å². The largest absolute Gasteiger partial charge is 0.491 e. The molecule has 0 aliphatic carbocycles. The number of quaternary nitrogens is 4. The molecule has 0 amide bonds. The lowest BCUT2D eigenvalue weighted by atomic mass is 10.0. The minimum Gasteiger partial charge on any atom is -0.491 e. The molecule has 8 bridgehead atoms. The molecule has 2 N–H and O–H groups in total. The van der Waals surface area contributed by atoms with Gasteiger partial charge in [0.25, 0.3) is 0 Å². The predicted octanol–water partition coefficient (Wildman–Crippen LogP) is 8.78. The maximum Gasteiger partial charge on any atom is 0.120 e. The number of rotatable bonds is 28. The molecule has 0 atom stereocenters. The Bertz CT molecular complexity index is 3580. The van der Waals surface area contributed by atoms with Gasteiger partial charge in [0.2, 0.25) is 0 Å². The van der Waals surface area contributed by atoms with Gasteiger partial charge in [-0.25, -0.2) is 9.97 Å². The molecule has 490 valence electrons. The molecule has 0 spiro atoms. The van der Waals surface area contributed by atoms with E-state index in [4.69, 9.17) is 66.8 Å². The first-order valence-corrected chi connectivity index (χ1v) is 33.3. The average Bonchev–Trinajstić information content (AvgIpc) is 1.62. The van der Waals surface area contributed by atoms with Crippen LogP contribution in [-0.2, 0) is 37.9 Å². The van der Waals surface area contributed by atoms with Gasteiger partial charge in [0.05, 0.1) is 157 Å². The number of morpholine rings is 4. The highest BCUT2D eigenvalue weighted by atomic mass is 16.5. The van der Waals surface area contributed by atoms with Gasteiger partial charge in [-0.3, -0.25) is 0 Å². The number of aromatic nitrogens is 4. The van der Waals surface area contributed by atoms with Crippen molar-refractivity contribution in [2.75, 3.05) is 239 Å². The van der Waals surface area contributed by atoms with Crippen LogP contribution in [0.3, 0.4) is 0 Å². The van der Waals surface area contributed by atoms with Gasteiger partial charge < -0.3 is 84.7 Å². The molecule has 20 nitrogen and oxygen atoms in total. The van der Waals surface area contributed by atoms with Gasteiger partial charge in [-0.05, 0) is 97.1 Å². The summed E-state index contributed by atoms with van der Waals surface area (Å²) in [7, 11) is 9.12. The smallest absolute Gasteiger partial charge is 0.120 e. The van der Waals surface area contributed by atoms with Crippen LogP contribution in [0.1, 0.15) is 0 Å². The minimum absolute atomic E-state index is 0.417. The first-order chi connectivity index (χ1) is 44.9. The number of hydrogen-bond acceptors (Lipinski definition) is 14. The predicted molar refractivity (Wildman–Crippen MR) is 357 cm³/mol. The van der Waals surface area contributed by atoms with Crippen molar-refractivity contribution in [2.24, 2.45) is 0 Å². The van der Waals surface area contributed by atoms with Crippen LogP contribution in [0.2, 0.25) is 0 Å². The second-order valence-electron chi connectivity index (χ2n) is 26.5. The summed E-state index contributed by atoms with van der Waals surface area (Å²) < 4.78 is 76.7. The molecule has 92 heavy (non-hydrogen) atoms. The van der Waals surface area contributed by atoms with Crippen LogP contribution in [0.15, 0.2) is 97.1 Å². The Kier molecular flexibility index (Phi) is 20.3. The molecule has 6 aliphatic heterocycles. The Morgan fingerprint density at radius 1 is 0.304 bits per heavy atom. The number of hydrogen-bond donors (Lipinski definition) is 2. The Morgan fingerprint density at radius 2 is 0.576 bits per heavy atom. The standard InChI is InChI=1S/C72H94N8O12/c1-77(13-25-81-26-14-77)21-33-85-37-41-89-53-5-9-57-61(45-53)69-49-66-58-10-6-54(90-42-38-86-34-22-78(2)15-27-82-28-16-78)46-62(58)71(74-66)51-68-60-12-8-56(92-44-40-88-36-24-80(4)19-31-84-32-20-80)48-64(60)72(76-68)52-67-59-11-7-55(47-63(59)70(75-67)50-65(57)73-69)91-43-39-87-35-23-79(3)17-29-83-30-18-79/h5-12,45-52,73,76H,13-44H2,1-4H3/q+4. The zero-order valence-electron chi connectivity index (χ0n) is 54.4. The van der Waals surface area contributed by atoms with Crippen LogP contribution in [0.5, 0.6) is 23.0 Å². The number of benzene rings is 4. The van der Waals surface area contributed by atoms with Crippen LogP contribution in [0.4, 0.5) is 0 Å². The SMILES string of the molecule is C[N+]1(CCOCCOc2ccc3c(c2)-c2cc4[nH]c(cc5nc(cc6[nH]c(cc-3n2)c2cc(OCCOCC[N+]3(C)CCOCC3)ccc62)-c2cc(OCCOCC[N+]3(C)CCOCC3)ccc2-5)c2cc(OCCOCC[N+]3(C)CCOCC3)ccc42)CCOCC1. The third kappa shape index (κ3) is 15.7. The molecule has 9 heterocycles. The normalized spacial score (nSPS) is 18.1. The summed E-state index contributed by atoms with van der Waals surface area (Å²) in [5.41, 5.74) is 10.6. The number of nitrogens with one attached hydrogen (secondary N) is 2. The highest BCUT2D eigenvalue weighted by molar-refractivity contribution is 6.11. The highest BCUT2D eigenvalue weighted by Crippen LogP contribution is 2.43. The number of fused-ring (bicyclic) bond motifs is 20. The molecule has 0 unspecified atom stereocenters. The molecule has 0 saturated carbocycles. The summed E-state index contributed by atoms with van der Waals surface area (Å²) in [6, 6.07) is 33.7. The number of ether oxygens (including phenoxy) is 12. The van der Waals surface area contributed by atoms with Crippen molar-refractivity contribution in [1.82, 2.24) is 19.9 Å². The molecule has 0 radical (unpaired) electrons. The molecular formula is C72H94N8O12+4. The third-order valence-electron chi connectivity index (χ3n) is 19.7. The van der Waals surface area contributed by atoms with Crippen molar-refractivity contribution >= 4 is 43.6 Å². The lowest BCUT2D eigenvalue weighted by Gasteiger charge is -2.37. The summed E-state index contributed by atoms with van der Waals surface area (Å²) >= 11 is 0. The lowest BCUT2D eigenvalue weighted by Crippen LogP contribution is -2.53. The summed E-state index contributed by atoms with van der Waals surface area (Å²) in [6.07, 6.45) is 0. The van der Waals surface area contributed by atoms with Gasteiger partial charge in [0.1, 0.15) is 128 Å². The summed E-state index contributed by atoms with van der Waals surface area (Å²) in [5.74, 6) is 2.98. The fraction of sp³-hybridized carbons (Fsp3) is 0.500. The topological polar surface area (TPSA) is 168 Å². The molecule has 7 aromatic rings. The maximum atomic E-state index is 6.46. The van der Waals surface area contributed by atoms with Crippen LogP contribution < -0.4 is 18.9 Å². The third-order valence-corrected chi connectivity index (χ3v) is 19.7. The van der Waals surface area contributed by atoms with Crippen molar-refractivity contribution < 1.29 is 74.8 Å². The van der Waals surface area contributed by atoms with E-state index in [2.05, 4.69) is 111 Å². The Labute approximate surface area is 540 Å². The summed E-state index contributed by atoms with van der Waals surface area (Å²) in [4.78, 5) is 18.7. The Hall–Kier alpha value is -6.76. The molecule has 20 heteroatoms. The Morgan fingerprint density at radius 3 is 0.891 bits per heavy atom. The van der Waals surface area contributed by atoms with Crippen molar-refractivity contribution in [3.05, 3.63) is 97.1 Å². The van der Waals surface area contributed by atoms with Gasteiger partial charge in [-0.2, -0.15) is 0 Å². The van der Waals surface area contributed by atoms with Crippen LogP contribution >= 0.6 is 0 Å². The first kappa shape index (κ1) is 64.0. The molecule has 3 aromatic heterocycles. The monoisotopic (exact) mass is 1260 g/mol. The molecule has 4 fully saturated rings. The Balaban J connectivity index is 0.844. The molecule has 13 rings (SSSR count). The van der Waals surface area contributed by atoms with Crippen molar-refractivity contribution in [3.63, 3.8) is 0 Å². The van der Waals surface area contributed by atoms with Crippen LogP contribution in [0.25, 0.3) is 88.6 Å². The van der Waals surface area contributed by atoms with E-state index in [0.29, 0.717) is 79.3 Å². The number of H-pyrrole nitrogens is 2. The van der Waals surface area contributed by atoms with E-state index in [-0.39, 0.29) is 0 Å². The second kappa shape index (κ2) is 29.3. The van der Waals surface area contributed by atoms with E-state index >= 15 is 0 Å². The zero-order chi connectivity index (χ0) is 62.8. The fourth-order valence-electron chi connectivity index (χ4n) is 13.2. The van der Waals surface area contributed by atoms with Crippen molar-refractivity contribution in [2.45, 2.75) is 0 Å². The second-order valence-corrected chi connectivity index (χ2v) is 26.5. The zero-order valence-corrected chi connectivity index (χ0v) is 54.4. The number of aromatic amines is 2. The van der Waals surface area contributed by atoms with Gasteiger partial charge >= 0.3 is 0 Å². The minimum atomic E-state index is 0.417. The van der Waals surface area contributed by atoms with E-state index in [1.54, 1.807) is 0 Å². The van der Waals surface area contributed by atoms with Crippen molar-refractivity contribution in [1.29, 1.82) is 0 Å². The maximum absolute atomic E-state index is 6.46. The van der Waals surface area contributed by atoms with E-state index in [1.165, 1.54) is 0 Å². The van der Waals surface area contributed by atoms with Crippen molar-refractivity contribution in [3.8, 4) is 68.0 Å². The van der Waals surface area contributed by atoms with E-state index in [9.17, 15) is 0 Å². The summed E-state index contributed by atoms with van der Waals surface area (Å²) in [6.45, 7) is 24.4. The quantitative estimate of drug-likeness (QED) is 0.0353. The highest BCUT2D eigenvalue weighted by Gasteiger charge is 2.29. The number of nitrogens with zero attached hydrogens (tertiary/aromatic N) is 6. The lowest BCUT2D eigenvalue weighted by molar-refractivity contribution is -0.917. The molecular weight excluding hydrogens is 1170 g/mol.